The third kappa shape index (κ3) is 5.25. The Bertz CT molecular complexity index is 1140. The van der Waals surface area contributed by atoms with Gasteiger partial charge in [0.15, 0.2) is 5.82 Å². The highest BCUT2D eigenvalue weighted by Gasteiger charge is 2.17. The quantitative estimate of drug-likeness (QED) is 0.299. The zero-order valence-electron chi connectivity index (χ0n) is 19.3. The predicted octanol–water partition coefficient (Wildman–Crippen LogP) is 7.21. The van der Waals surface area contributed by atoms with Crippen LogP contribution in [-0.2, 0) is 0 Å². The molecule has 0 aliphatic rings. The molecule has 0 saturated carbocycles. The summed E-state index contributed by atoms with van der Waals surface area (Å²) < 4.78 is 5.94. The van der Waals surface area contributed by atoms with Crippen molar-refractivity contribution in [2.24, 2.45) is 11.8 Å². The highest BCUT2D eigenvalue weighted by atomic mass is 16.5. The van der Waals surface area contributed by atoms with Crippen LogP contribution in [0, 0.1) is 11.8 Å². The maximum absolute atomic E-state index is 5.94. The number of anilines is 1. The topological polar surface area (TPSA) is 38.2 Å². The highest BCUT2D eigenvalue weighted by molar-refractivity contribution is 5.91. The Labute approximate surface area is 190 Å². The Morgan fingerprint density at radius 3 is 1.94 bits per heavy atom. The lowest BCUT2D eigenvalue weighted by Crippen LogP contribution is -2.32. The largest absolute Gasteiger partial charge is 0.457 e. The van der Waals surface area contributed by atoms with Gasteiger partial charge in [-0.1, -0.05) is 58.0 Å². The summed E-state index contributed by atoms with van der Waals surface area (Å²) in [5.41, 5.74) is 1.95. The van der Waals surface area contributed by atoms with Crippen LogP contribution in [0.15, 0.2) is 78.9 Å². The summed E-state index contributed by atoms with van der Waals surface area (Å²) in [5, 5.41) is 1.10. The standard InChI is InChI=1S/C28H31N3O/c1-20(2)18-31(19-21(3)4)28-25-12-8-9-13-26(25)29-27(30-28)22-14-16-24(17-15-22)32-23-10-6-5-7-11-23/h5-17,20-21H,18-19H2,1-4H3. The van der Waals surface area contributed by atoms with Gasteiger partial charge < -0.3 is 9.64 Å². The molecule has 0 aliphatic heterocycles. The van der Waals surface area contributed by atoms with Crippen LogP contribution in [-0.4, -0.2) is 23.1 Å². The third-order valence-electron chi connectivity index (χ3n) is 5.15. The minimum atomic E-state index is 0.542. The number of hydrogen-bond donors (Lipinski definition) is 0. The molecule has 4 nitrogen and oxygen atoms in total. The second kappa shape index (κ2) is 9.82. The van der Waals surface area contributed by atoms with Crippen LogP contribution in [0.2, 0.25) is 0 Å². The average Bonchev–Trinajstić information content (AvgIpc) is 2.78. The van der Waals surface area contributed by atoms with E-state index < -0.39 is 0 Å². The summed E-state index contributed by atoms with van der Waals surface area (Å²) in [4.78, 5) is 12.4. The van der Waals surface area contributed by atoms with Crippen molar-refractivity contribution < 1.29 is 4.74 Å². The van der Waals surface area contributed by atoms with E-state index in [2.05, 4.69) is 50.8 Å². The Morgan fingerprint density at radius 2 is 1.28 bits per heavy atom. The predicted molar refractivity (Wildman–Crippen MR) is 133 cm³/mol. The van der Waals surface area contributed by atoms with E-state index in [4.69, 9.17) is 14.7 Å². The Hall–Kier alpha value is -3.40. The van der Waals surface area contributed by atoms with E-state index in [1.165, 1.54) is 0 Å². The van der Waals surface area contributed by atoms with Gasteiger partial charge in [0.1, 0.15) is 17.3 Å². The van der Waals surface area contributed by atoms with Crippen LogP contribution >= 0.6 is 0 Å². The molecule has 0 bridgehead atoms. The molecular formula is C28H31N3O. The number of benzene rings is 3. The first-order valence-corrected chi connectivity index (χ1v) is 11.3. The molecule has 1 heterocycles. The van der Waals surface area contributed by atoms with E-state index in [-0.39, 0.29) is 0 Å². The van der Waals surface area contributed by atoms with E-state index in [9.17, 15) is 0 Å². The Balaban J connectivity index is 1.71. The van der Waals surface area contributed by atoms with Gasteiger partial charge in [-0.3, -0.25) is 0 Å². The van der Waals surface area contributed by atoms with Crippen molar-refractivity contribution >= 4 is 16.7 Å². The fourth-order valence-corrected chi connectivity index (χ4v) is 3.86. The molecule has 0 fully saturated rings. The first-order chi connectivity index (χ1) is 15.5. The summed E-state index contributed by atoms with van der Waals surface area (Å²) in [6.07, 6.45) is 0. The van der Waals surface area contributed by atoms with Gasteiger partial charge in [0.25, 0.3) is 0 Å². The molecule has 0 aliphatic carbocycles. The van der Waals surface area contributed by atoms with E-state index >= 15 is 0 Å². The number of rotatable bonds is 8. The lowest BCUT2D eigenvalue weighted by Gasteiger charge is -2.28. The van der Waals surface area contributed by atoms with Gasteiger partial charge in [0, 0.05) is 24.0 Å². The molecule has 0 N–H and O–H groups in total. The number of aromatic nitrogens is 2. The fraction of sp³-hybridized carbons (Fsp3) is 0.286. The zero-order valence-corrected chi connectivity index (χ0v) is 19.3. The van der Waals surface area contributed by atoms with Crippen molar-refractivity contribution in [2.45, 2.75) is 27.7 Å². The van der Waals surface area contributed by atoms with Crippen molar-refractivity contribution in [3.05, 3.63) is 78.9 Å². The lowest BCUT2D eigenvalue weighted by atomic mass is 10.1. The molecule has 4 heteroatoms. The van der Waals surface area contributed by atoms with Crippen LogP contribution in [0.4, 0.5) is 5.82 Å². The molecule has 0 radical (unpaired) electrons. The SMILES string of the molecule is CC(C)CN(CC(C)C)c1nc(-c2ccc(Oc3ccccc3)cc2)nc2ccccc12. The first kappa shape index (κ1) is 21.8. The molecule has 0 saturated heterocycles. The Morgan fingerprint density at radius 1 is 0.688 bits per heavy atom. The van der Waals surface area contributed by atoms with Gasteiger partial charge in [-0.25, -0.2) is 9.97 Å². The Kier molecular flexibility index (Phi) is 6.69. The monoisotopic (exact) mass is 425 g/mol. The van der Waals surface area contributed by atoms with Gasteiger partial charge in [0.2, 0.25) is 0 Å². The molecule has 0 atom stereocenters. The minimum Gasteiger partial charge on any atom is -0.457 e. The molecule has 4 aromatic rings. The van der Waals surface area contributed by atoms with Crippen molar-refractivity contribution in [1.82, 2.24) is 9.97 Å². The summed E-state index contributed by atoms with van der Waals surface area (Å²) in [5.74, 6) is 4.45. The van der Waals surface area contributed by atoms with Crippen molar-refractivity contribution in [1.29, 1.82) is 0 Å². The molecule has 164 valence electrons. The van der Waals surface area contributed by atoms with Gasteiger partial charge in [-0.2, -0.15) is 0 Å². The second-order valence-corrected chi connectivity index (χ2v) is 9.02. The molecule has 4 rings (SSSR count). The van der Waals surface area contributed by atoms with Crippen LogP contribution in [0.5, 0.6) is 11.5 Å². The molecule has 32 heavy (non-hydrogen) atoms. The lowest BCUT2D eigenvalue weighted by molar-refractivity contribution is 0.483. The van der Waals surface area contributed by atoms with E-state index in [1.54, 1.807) is 0 Å². The molecular weight excluding hydrogens is 394 g/mol. The van der Waals surface area contributed by atoms with Crippen molar-refractivity contribution in [2.75, 3.05) is 18.0 Å². The number of ether oxygens (including phenoxy) is 1. The average molecular weight is 426 g/mol. The molecule has 0 unspecified atom stereocenters. The molecule has 3 aromatic carbocycles. The van der Waals surface area contributed by atoms with Crippen LogP contribution in [0.1, 0.15) is 27.7 Å². The number of nitrogens with zero attached hydrogens (tertiary/aromatic N) is 3. The van der Waals surface area contributed by atoms with Gasteiger partial charge >= 0.3 is 0 Å². The van der Waals surface area contributed by atoms with Crippen LogP contribution in [0.25, 0.3) is 22.3 Å². The number of fused-ring (bicyclic) bond motifs is 1. The maximum Gasteiger partial charge on any atom is 0.162 e. The van der Waals surface area contributed by atoms with Crippen LogP contribution < -0.4 is 9.64 Å². The summed E-state index contributed by atoms with van der Waals surface area (Å²) in [6, 6.07) is 26.1. The van der Waals surface area contributed by atoms with Crippen molar-refractivity contribution in [3.8, 4) is 22.9 Å². The molecule has 1 aromatic heterocycles. The number of para-hydroxylation sites is 2. The first-order valence-electron chi connectivity index (χ1n) is 11.3. The van der Waals surface area contributed by atoms with Crippen molar-refractivity contribution in [3.63, 3.8) is 0 Å². The minimum absolute atomic E-state index is 0.542. The normalized spacial score (nSPS) is 11.3. The van der Waals surface area contributed by atoms with Gasteiger partial charge in [0.05, 0.1) is 5.52 Å². The highest BCUT2D eigenvalue weighted by Crippen LogP contribution is 2.30. The van der Waals surface area contributed by atoms with E-state index in [0.29, 0.717) is 11.8 Å². The van der Waals surface area contributed by atoms with E-state index in [0.717, 1.165) is 52.7 Å². The van der Waals surface area contributed by atoms with E-state index in [1.807, 2.05) is 60.7 Å². The molecule has 0 spiro atoms. The second-order valence-electron chi connectivity index (χ2n) is 9.02. The van der Waals surface area contributed by atoms with Gasteiger partial charge in [-0.15, -0.1) is 0 Å². The third-order valence-corrected chi connectivity index (χ3v) is 5.15. The fourth-order valence-electron chi connectivity index (χ4n) is 3.86. The smallest absolute Gasteiger partial charge is 0.162 e. The van der Waals surface area contributed by atoms with Crippen LogP contribution in [0.3, 0.4) is 0 Å². The van der Waals surface area contributed by atoms with Gasteiger partial charge in [-0.05, 0) is 60.4 Å². The summed E-state index contributed by atoms with van der Waals surface area (Å²) in [6.45, 7) is 10.9. The summed E-state index contributed by atoms with van der Waals surface area (Å²) in [7, 11) is 0. The zero-order chi connectivity index (χ0) is 22.5. The maximum atomic E-state index is 5.94. The summed E-state index contributed by atoms with van der Waals surface area (Å²) >= 11 is 0. The number of hydrogen-bond acceptors (Lipinski definition) is 4. The molecule has 0 amide bonds.